The summed E-state index contributed by atoms with van der Waals surface area (Å²) in [4.78, 5) is 27.6. The van der Waals surface area contributed by atoms with Gasteiger partial charge in [-0.05, 0) is 42.8 Å². The van der Waals surface area contributed by atoms with E-state index in [1.165, 1.54) is 0 Å². The first-order valence-corrected chi connectivity index (χ1v) is 10.5. The molecule has 9 heteroatoms. The summed E-state index contributed by atoms with van der Waals surface area (Å²) >= 11 is 6.50. The van der Waals surface area contributed by atoms with Crippen LogP contribution in [0, 0.1) is 0 Å². The largest absolute Gasteiger partial charge is 0.378 e. The average molecular weight is 439 g/mol. The molecular weight excluding hydrogens is 416 g/mol. The van der Waals surface area contributed by atoms with Crippen LogP contribution in [-0.4, -0.2) is 47.3 Å². The summed E-state index contributed by atoms with van der Waals surface area (Å²) in [5.41, 5.74) is 3.02. The van der Waals surface area contributed by atoms with E-state index in [1.807, 2.05) is 19.1 Å². The Morgan fingerprint density at radius 1 is 1.10 bits per heavy atom. The van der Waals surface area contributed by atoms with Gasteiger partial charge in [0.05, 0.1) is 25.1 Å². The maximum atomic E-state index is 12.2. The number of aromatic nitrogens is 3. The van der Waals surface area contributed by atoms with Crippen molar-refractivity contribution in [3.63, 3.8) is 0 Å². The summed E-state index contributed by atoms with van der Waals surface area (Å²) in [6.07, 6.45) is 3.98. The van der Waals surface area contributed by atoms with Gasteiger partial charge in [0.25, 0.3) is 0 Å². The van der Waals surface area contributed by atoms with Gasteiger partial charge in [-0.25, -0.2) is 14.8 Å². The number of hydrogen-bond acceptors (Lipinski definition) is 6. The highest BCUT2D eigenvalue weighted by Crippen LogP contribution is 2.29. The Bertz CT molecular complexity index is 1040. The number of rotatable bonds is 5. The Hall–Kier alpha value is -3.23. The summed E-state index contributed by atoms with van der Waals surface area (Å²) in [7, 11) is 0. The van der Waals surface area contributed by atoms with Crippen molar-refractivity contribution in [2.45, 2.75) is 13.3 Å². The molecule has 8 nitrogen and oxygen atoms in total. The van der Waals surface area contributed by atoms with Crippen LogP contribution < -0.4 is 15.5 Å². The van der Waals surface area contributed by atoms with Crippen LogP contribution in [0.2, 0.25) is 5.15 Å². The van der Waals surface area contributed by atoms with Gasteiger partial charge in [0.1, 0.15) is 11.0 Å². The number of nitrogens with one attached hydrogen (secondary N) is 2. The minimum absolute atomic E-state index is 0.345. The zero-order valence-corrected chi connectivity index (χ0v) is 17.9. The van der Waals surface area contributed by atoms with Gasteiger partial charge in [0, 0.05) is 36.1 Å². The van der Waals surface area contributed by atoms with Crippen LogP contribution >= 0.6 is 11.6 Å². The minimum atomic E-state index is -0.345. The number of ether oxygens (including phenoxy) is 1. The fourth-order valence-corrected chi connectivity index (χ4v) is 3.65. The molecule has 0 aliphatic carbocycles. The van der Waals surface area contributed by atoms with Gasteiger partial charge in [0.15, 0.2) is 5.82 Å². The topological polar surface area (TPSA) is 92.3 Å². The van der Waals surface area contributed by atoms with E-state index in [0.29, 0.717) is 35.6 Å². The first-order chi connectivity index (χ1) is 15.1. The van der Waals surface area contributed by atoms with Crippen LogP contribution in [0.25, 0.3) is 11.4 Å². The zero-order valence-electron chi connectivity index (χ0n) is 17.1. The molecule has 1 fully saturated rings. The van der Waals surface area contributed by atoms with Gasteiger partial charge in [-0.3, -0.25) is 4.98 Å². The SMILES string of the molecule is CCc1c(Cl)nc(-c2ccc(NC(=O)Nc3cccnc3)cc2)nc1N1CCOCC1. The van der Waals surface area contributed by atoms with Gasteiger partial charge in [-0.2, -0.15) is 0 Å². The number of carbonyl (C=O) groups is 1. The average Bonchev–Trinajstić information content (AvgIpc) is 2.80. The molecule has 1 saturated heterocycles. The maximum Gasteiger partial charge on any atom is 0.323 e. The zero-order chi connectivity index (χ0) is 21.6. The van der Waals surface area contributed by atoms with Crippen molar-refractivity contribution in [1.82, 2.24) is 15.0 Å². The summed E-state index contributed by atoms with van der Waals surface area (Å²) in [5, 5.41) is 5.99. The lowest BCUT2D eigenvalue weighted by Gasteiger charge is -2.29. The molecule has 160 valence electrons. The third-order valence-electron chi connectivity index (χ3n) is 4.92. The highest BCUT2D eigenvalue weighted by atomic mass is 35.5. The van der Waals surface area contributed by atoms with Gasteiger partial charge in [-0.1, -0.05) is 18.5 Å². The Morgan fingerprint density at radius 2 is 1.84 bits per heavy atom. The van der Waals surface area contributed by atoms with Crippen LogP contribution in [0.15, 0.2) is 48.8 Å². The quantitative estimate of drug-likeness (QED) is 0.579. The Morgan fingerprint density at radius 3 is 2.52 bits per heavy atom. The molecule has 1 aliphatic heterocycles. The predicted molar refractivity (Wildman–Crippen MR) is 122 cm³/mol. The third-order valence-corrected chi connectivity index (χ3v) is 5.23. The molecule has 0 bridgehead atoms. The molecule has 2 amide bonds. The molecule has 4 rings (SSSR count). The number of carbonyl (C=O) groups excluding carboxylic acids is 1. The van der Waals surface area contributed by atoms with E-state index >= 15 is 0 Å². The molecule has 3 heterocycles. The van der Waals surface area contributed by atoms with E-state index in [1.54, 1.807) is 36.7 Å². The molecule has 2 aromatic heterocycles. The summed E-state index contributed by atoms with van der Waals surface area (Å²) in [6, 6.07) is 10.5. The molecule has 1 aliphatic rings. The Labute approximate surface area is 185 Å². The molecular formula is C22H23ClN6O2. The van der Waals surface area contributed by atoms with Crippen molar-refractivity contribution in [3.8, 4) is 11.4 Å². The molecule has 0 saturated carbocycles. The summed E-state index contributed by atoms with van der Waals surface area (Å²) < 4.78 is 5.46. The number of morpholine rings is 1. The maximum absolute atomic E-state index is 12.2. The highest BCUT2D eigenvalue weighted by Gasteiger charge is 2.20. The van der Waals surface area contributed by atoms with Crippen LogP contribution in [0.4, 0.5) is 22.0 Å². The summed E-state index contributed by atoms with van der Waals surface area (Å²) in [5.74, 6) is 1.41. The number of pyridine rings is 1. The number of anilines is 3. The lowest BCUT2D eigenvalue weighted by molar-refractivity contribution is 0.122. The number of halogens is 1. The number of amides is 2. The number of benzene rings is 1. The molecule has 31 heavy (non-hydrogen) atoms. The van der Waals surface area contributed by atoms with E-state index < -0.39 is 0 Å². The number of urea groups is 1. The van der Waals surface area contributed by atoms with Crippen LogP contribution in [-0.2, 0) is 11.2 Å². The predicted octanol–water partition coefficient (Wildman–Crippen LogP) is 4.24. The second-order valence-corrected chi connectivity index (χ2v) is 7.35. The van der Waals surface area contributed by atoms with E-state index in [-0.39, 0.29) is 6.03 Å². The van der Waals surface area contributed by atoms with Crippen molar-refractivity contribution in [3.05, 3.63) is 59.5 Å². The number of nitrogens with zero attached hydrogens (tertiary/aromatic N) is 4. The van der Waals surface area contributed by atoms with Gasteiger partial charge < -0.3 is 20.3 Å². The number of hydrogen-bond donors (Lipinski definition) is 2. The lowest BCUT2D eigenvalue weighted by Crippen LogP contribution is -2.37. The van der Waals surface area contributed by atoms with Crippen molar-refractivity contribution in [2.24, 2.45) is 0 Å². The molecule has 0 unspecified atom stereocenters. The van der Waals surface area contributed by atoms with Crippen LogP contribution in [0.3, 0.4) is 0 Å². The first kappa shape index (κ1) is 21.0. The Kier molecular flexibility index (Phi) is 6.59. The van der Waals surface area contributed by atoms with Gasteiger partial charge in [0.2, 0.25) is 0 Å². The van der Waals surface area contributed by atoms with Crippen molar-refractivity contribution < 1.29 is 9.53 Å². The highest BCUT2D eigenvalue weighted by molar-refractivity contribution is 6.30. The van der Waals surface area contributed by atoms with Gasteiger partial charge in [-0.15, -0.1) is 0 Å². The Balaban J connectivity index is 1.52. The van der Waals surface area contributed by atoms with Crippen molar-refractivity contribution >= 4 is 34.8 Å². The smallest absolute Gasteiger partial charge is 0.323 e. The van der Waals surface area contributed by atoms with E-state index in [9.17, 15) is 4.79 Å². The molecule has 0 atom stereocenters. The third kappa shape index (κ3) is 5.10. The molecule has 2 N–H and O–H groups in total. The van der Waals surface area contributed by atoms with Crippen LogP contribution in [0.1, 0.15) is 12.5 Å². The van der Waals surface area contributed by atoms with Crippen molar-refractivity contribution in [2.75, 3.05) is 41.8 Å². The first-order valence-electron chi connectivity index (χ1n) is 10.1. The van der Waals surface area contributed by atoms with Crippen LogP contribution in [0.5, 0.6) is 0 Å². The minimum Gasteiger partial charge on any atom is -0.378 e. The molecule has 0 spiro atoms. The fraction of sp³-hybridized carbons (Fsp3) is 0.273. The summed E-state index contributed by atoms with van der Waals surface area (Å²) in [6.45, 7) is 4.93. The van der Waals surface area contributed by atoms with E-state index in [4.69, 9.17) is 21.3 Å². The monoisotopic (exact) mass is 438 g/mol. The lowest BCUT2D eigenvalue weighted by atomic mass is 10.1. The standard InChI is InChI=1S/C22H23ClN6O2/c1-2-18-19(23)27-20(28-21(18)29-10-12-31-13-11-29)15-5-7-16(8-6-15)25-22(30)26-17-4-3-9-24-14-17/h3-9,14H,2,10-13H2,1H3,(H2,25,26,30). The van der Waals surface area contributed by atoms with E-state index in [2.05, 4.69) is 25.5 Å². The second-order valence-electron chi connectivity index (χ2n) is 6.99. The molecule has 0 radical (unpaired) electrons. The van der Waals surface area contributed by atoms with Gasteiger partial charge >= 0.3 is 6.03 Å². The second kappa shape index (κ2) is 9.72. The normalized spacial score (nSPS) is 13.7. The fourth-order valence-electron chi connectivity index (χ4n) is 3.35. The van der Waals surface area contributed by atoms with Crippen molar-refractivity contribution in [1.29, 1.82) is 0 Å². The molecule has 1 aromatic carbocycles. The van der Waals surface area contributed by atoms with E-state index in [0.717, 1.165) is 36.5 Å². The molecule has 3 aromatic rings.